The second-order valence-electron chi connectivity index (χ2n) is 3.25. The van der Waals surface area contributed by atoms with Crippen LogP contribution in [-0.4, -0.2) is 26.3 Å². The molecule has 6 heteroatoms. The summed E-state index contributed by atoms with van der Waals surface area (Å²) in [5.74, 6) is -0.577. The van der Waals surface area contributed by atoms with Gasteiger partial charge in [0.1, 0.15) is 0 Å². The highest BCUT2D eigenvalue weighted by molar-refractivity contribution is 5.74. The maximum atomic E-state index is 10.9. The van der Waals surface area contributed by atoms with Gasteiger partial charge < -0.3 is 5.11 Å². The van der Waals surface area contributed by atoms with Gasteiger partial charge in [-0.25, -0.2) is 9.89 Å². The third kappa shape index (κ3) is 2.00. The number of rotatable bonds is 3. The summed E-state index contributed by atoms with van der Waals surface area (Å²) in [6.45, 7) is 0. The molecule has 0 atom stereocenters. The van der Waals surface area contributed by atoms with Crippen molar-refractivity contribution in [2.75, 3.05) is 0 Å². The van der Waals surface area contributed by atoms with E-state index >= 15 is 0 Å². The standard InChI is InChI=1S/C10H9N3O3/c14-8(15)5-6-3-1-2-4-7(6)9-11-10(16)13-12-9/h1-4H,5H2,(H,14,15)(H2,11,12,13,16). The number of aliphatic carboxylic acids is 1. The van der Waals surface area contributed by atoms with Crippen LogP contribution in [0.25, 0.3) is 11.4 Å². The van der Waals surface area contributed by atoms with E-state index in [4.69, 9.17) is 5.11 Å². The van der Waals surface area contributed by atoms with Crippen molar-refractivity contribution >= 4 is 5.97 Å². The molecule has 1 aromatic heterocycles. The first-order valence-electron chi connectivity index (χ1n) is 4.61. The van der Waals surface area contributed by atoms with Gasteiger partial charge in [-0.3, -0.25) is 9.78 Å². The molecule has 0 bridgehead atoms. The van der Waals surface area contributed by atoms with Crippen molar-refractivity contribution in [3.8, 4) is 11.4 Å². The number of hydrogen-bond acceptors (Lipinski definition) is 3. The molecule has 3 N–H and O–H groups in total. The summed E-state index contributed by atoms with van der Waals surface area (Å²) >= 11 is 0. The normalized spacial score (nSPS) is 10.2. The molecule has 6 nitrogen and oxygen atoms in total. The summed E-state index contributed by atoms with van der Waals surface area (Å²) in [6, 6.07) is 6.90. The van der Waals surface area contributed by atoms with E-state index in [1.807, 2.05) is 0 Å². The Bertz CT molecular complexity index is 570. The first-order chi connectivity index (χ1) is 7.66. The van der Waals surface area contributed by atoms with Gasteiger partial charge in [0.15, 0.2) is 5.82 Å². The number of benzene rings is 1. The Morgan fingerprint density at radius 1 is 1.38 bits per heavy atom. The number of carbonyl (C=O) groups is 1. The van der Waals surface area contributed by atoms with Crippen molar-refractivity contribution in [3.05, 3.63) is 40.3 Å². The van der Waals surface area contributed by atoms with Gasteiger partial charge in [-0.2, -0.15) is 5.10 Å². The maximum Gasteiger partial charge on any atom is 0.340 e. The van der Waals surface area contributed by atoms with Gasteiger partial charge in [0.2, 0.25) is 0 Å². The minimum absolute atomic E-state index is 0.106. The average molecular weight is 219 g/mol. The summed E-state index contributed by atoms with van der Waals surface area (Å²) in [4.78, 5) is 24.1. The molecule has 0 amide bonds. The van der Waals surface area contributed by atoms with Crippen molar-refractivity contribution in [1.82, 2.24) is 15.2 Å². The van der Waals surface area contributed by atoms with Crippen LogP contribution in [-0.2, 0) is 11.2 Å². The number of aromatic nitrogens is 3. The highest BCUT2D eigenvalue weighted by Crippen LogP contribution is 2.18. The molecule has 0 aliphatic carbocycles. The van der Waals surface area contributed by atoms with Crippen LogP contribution >= 0.6 is 0 Å². The zero-order valence-corrected chi connectivity index (χ0v) is 8.23. The third-order valence-corrected chi connectivity index (χ3v) is 2.12. The van der Waals surface area contributed by atoms with Gasteiger partial charge in [-0.15, -0.1) is 0 Å². The Morgan fingerprint density at radius 2 is 2.12 bits per heavy atom. The Morgan fingerprint density at radius 3 is 2.75 bits per heavy atom. The largest absolute Gasteiger partial charge is 0.481 e. The van der Waals surface area contributed by atoms with Crippen LogP contribution in [0, 0.1) is 0 Å². The van der Waals surface area contributed by atoms with Crippen LogP contribution in [0.4, 0.5) is 0 Å². The number of H-pyrrole nitrogens is 2. The molecular formula is C10H9N3O3. The molecule has 0 spiro atoms. The van der Waals surface area contributed by atoms with Gasteiger partial charge >= 0.3 is 11.7 Å². The van der Waals surface area contributed by atoms with Gasteiger partial charge in [-0.1, -0.05) is 24.3 Å². The Balaban J connectivity index is 2.47. The topological polar surface area (TPSA) is 98.8 Å². The van der Waals surface area contributed by atoms with Crippen LogP contribution in [0.5, 0.6) is 0 Å². The molecule has 82 valence electrons. The lowest BCUT2D eigenvalue weighted by atomic mass is 10.0. The van der Waals surface area contributed by atoms with E-state index in [0.29, 0.717) is 17.0 Å². The lowest BCUT2D eigenvalue weighted by molar-refractivity contribution is -0.136. The highest BCUT2D eigenvalue weighted by atomic mass is 16.4. The lowest BCUT2D eigenvalue weighted by Crippen LogP contribution is -2.03. The monoisotopic (exact) mass is 219 g/mol. The van der Waals surface area contributed by atoms with Gasteiger partial charge in [-0.05, 0) is 5.56 Å². The Hall–Kier alpha value is -2.37. The molecule has 2 rings (SSSR count). The zero-order chi connectivity index (χ0) is 11.5. The van der Waals surface area contributed by atoms with Crippen LogP contribution in [0.2, 0.25) is 0 Å². The van der Waals surface area contributed by atoms with E-state index in [2.05, 4.69) is 15.2 Å². The Kier molecular flexibility index (Phi) is 2.55. The number of nitrogens with one attached hydrogen (secondary N) is 2. The minimum Gasteiger partial charge on any atom is -0.481 e. The predicted octanol–water partition coefficient (Wildman–Crippen LogP) is 0.392. The highest BCUT2D eigenvalue weighted by Gasteiger charge is 2.10. The fourth-order valence-corrected chi connectivity index (χ4v) is 1.47. The van der Waals surface area contributed by atoms with Crippen molar-refractivity contribution in [2.24, 2.45) is 0 Å². The van der Waals surface area contributed by atoms with Gasteiger partial charge in [0, 0.05) is 5.56 Å². The SMILES string of the molecule is O=C(O)Cc1ccccc1-c1n[nH]c(=O)[nH]1. The first kappa shape index (κ1) is 10.2. The molecule has 0 radical (unpaired) electrons. The number of nitrogens with zero attached hydrogens (tertiary/aromatic N) is 1. The van der Waals surface area contributed by atoms with Crippen LogP contribution in [0.1, 0.15) is 5.56 Å². The van der Waals surface area contributed by atoms with Crippen LogP contribution < -0.4 is 5.69 Å². The first-order valence-corrected chi connectivity index (χ1v) is 4.61. The maximum absolute atomic E-state index is 10.9. The van der Waals surface area contributed by atoms with Crippen LogP contribution in [0.3, 0.4) is 0 Å². The second-order valence-corrected chi connectivity index (χ2v) is 3.25. The molecule has 16 heavy (non-hydrogen) atoms. The van der Waals surface area contributed by atoms with Crippen molar-refractivity contribution < 1.29 is 9.90 Å². The Labute approximate surface area is 90.0 Å². The molecule has 0 saturated carbocycles. The molecular weight excluding hydrogens is 210 g/mol. The number of aromatic amines is 2. The quantitative estimate of drug-likeness (QED) is 0.695. The molecule has 0 aliphatic heterocycles. The zero-order valence-electron chi connectivity index (χ0n) is 8.23. The summed E-state index contributed by atoms with van der Waals surface area (Å²) in [6.07, 6.45) is -0.106. The lowest BCUT2D eigenvalue weighted by Gasteiger charge is -2.03. The molecule has 1 heterocycles. The second kappa shape index (κ2) is 4.01. The van der Waals surface area contributed by atoms with Crippen molar-refractivity contribution in [1.29, 1.82) is 0 Å². The average Bonchev–Trinajstić information content (AvgIpc) is 2.65. The van der Waals surface area contributed by atoms with E-state index in [1.165, 1.54) is 0 Å². The number of carboxylic acids is 1. The molecule has 0 saturated heterocycles. The van der Waals surface area contributed by atoms with Gasteiger partial charge in [0.25, 0.3) is 0 Å². The molecule has 0 unspecified atom stereocenters. The fourth-order valence-electron chi connectivity index (χ4n) is 1.47. The summed E-state index contributed by atoms with van der Waals surface area (Å²) in [5, 5.41) is 14.8. The van der Waals surface area contributed by atoms with Crippen LogP contribution in [0.15, 0.2) is 29.1 Å². The number of carboxylic acid groups (broad SMARTS) is 1. The third-order valence-electron chi connectivity index (χ3n) is 2.12. The van der Waals surface area contributed by atoms with Crippen molar-refractivity contribution in [2.45, 2.75) is 6.42 Å². The van der Waals surface area contributed by atoms with Gasteiger partial charge in [0.05, 0.1) is 6.42 Å². The van der Waals surface area contributed by atoms with E-state index in [-0.39, 0.29) is 6.42 Å². The minimum atomic E-state index is -0.926. The van der Waals surface area contributed by atoms with E-state index in [0.717, 1.165) is 0 Å². The fraction of sp³-hybridized carbons (Fsp3) is 0.100. The smallest absolute Gasteiger partial charge is 0.340 e. The molecule has 0 aliphatic rings. The van der Waals surface area contributed by atoms with E-state index in [9.17, 15) is 9.59 Å². The van der Waals surface area contributed by atoms with E-state index < -0.39 is 11.7 Å². The summed E-state index contributed by atoms with van der Waals surface area (Å²) in [5.41, 5.74) is 0.807. The molecule has 0 fully saturated rings. The molecule has 2 aromatic rings. The number of hydrogen-bond donors (Lipinski definition) is 3. The van der Waals surface area contributed by atoms with E-state index in [1.54, 1.807) is 24.3 Å². The predicted molar refractivity (Wildman–Crippen MR) is 56.0 cm³/mol. The summed E-state index contributed by atoms with van der Waals surface area (Å²) in [7, 11) is 0. The van der Waals surface area contributed by atoms with Crippen molar-refractivity contribution in [3.63, 3.8) is 0 Å². The molecule has 1 aromatic carbocycles. The summed E-state index contributed by atoms with van der Waals surface area (Å²) < 4.78 is 0.